The van der Waals surface area contributed by atoms with Gasteiger partial charge in [-0.1, -0.05) is 47.0 Å². The number of halogens is 2. The van der Waals surface area contributed by atoms with Crippen molar-refractivity contribution in [1.82, 2.24) is 10.6 Å². The van der Waals surface area contributed by atoms with Gasteiger partial charge in [0.05, 0.1) is 16.3 Å². The molecular formula is C24H22Cl2N2O3S. The van der Waals surface area contributed by atoms with Crippen LogP contribution in [0.2, 0.25) is 10.0 Å². The molecule has 0 saturated heterocycles. The van der Waals surface area contributed by atoms with Crippen molar-refractivity contribution in [2.24, 2.45) is 0 Å². The summed E-state index contributed by atoms with van der Waals surface area (Å²) in [6, 6.07) is 16.1. The highest BCUT2D eigenvalue weighted by Crippen LogP contribution is 2.24. The fourth-order valence-corrected chi connectivity index (χ4v) is 3.85. The highest BCUT2D eigenvalue weighted by molar-refractivity contribution is 7.98. The van der Waals surface area contributed by atoms with Gasteiger partial charge >= 0.3 is 0 Å². The van der Waals surface area contributed by atoms with Crippen LogP contribution in [0.1, 0.15) is 27.2 Å². The molecule has 0 aliphatic carbocycles. The van der Waals surface area contributed by atoms with E-state index in [9.17, 15) is 9.59 Å². The lowest BCUT2D eigenvalue weighted by molar-refractivity contribution is -0.117. The van der Waals surface area contributed by atoms with Gasteiger partial charge in [0.2, 0.25) is 0 Å². The van der Waals surface area contributed by atoms with Crippen LogP contribution in [0, 0.1) is 6.92 Å². The van der Waals surface area contributed by atoms with Crippen molar-refractivity contribution >= 4 is 52.9 Å². The van der Waals surface area contributed by atoms with E-state index in [0.717, 1.165) is 16.9 Å². The van der Waals surface area contributed by atoms with Crippen molar-refractivity contribution in [2.45, 2.75) is 12.7 Å². The Hall–Kier alpha value is -2.67. The molecule has 2 amide bonds. The van der Waals surface area contributed by atoms with Crippen LogP contribution in [0.15, 0.2) is 71.0 Å². The quantitative estimate of drug-likeness (QED) is 0.298. The number of benzene rings is 2. The summed E-state index contributed by atoms with van der Waals surface area (Å²) in [6.45, 7) is 2.37. The molecule has 2 N–H and O–H groups in total. The average Bonchev–Trinajstić information content (AvgIpc) is 3.29. The van der Waals surface area contributed by atoms with E-state index in [1.807, 2.05) is 31.2 Å². The van der Waals surface area contributed by atoms with Gasteiger partial charge in [-0.3, -0.25) is 9.59 Å². The zero-order valence-electron chi connectivity index (χ0n) is 17.4. The molecule has 0 atom stereocenters. The summed E-state index contributed by atoms with van der Waals surface area (Å²) in [5.41, 5.74) is 2.68. The second-order valence-corrected chi connectivity index (χ2v) is 8.87. The predicted molar refractivity (Wildman–Crippen MR) is 131 cm³/mol. The molecule has 0 bridgehead atoms. The summed E-state index contributed by atoms with van der Waals surface area (Å²) in [4.78, 5) is 25.3. The molecule has 32 heavy (non-hydrogen) atoms. The predicted octanol–water partition coefficient (Wildman–Crippen LogP) is 5.72. The number of carbonyl (C=O) groups excluding carboxylic acids is 2. The molecule has 8 heteroatoms. The van der Waals surface area contributed by atoms with Gasteiger partial charge in [-0.05, 0) is 48.9 Å². The highest BCUT2D eigenvalue weighted by atomic mass is 35.5. The number of amides is 2. The fraction of sp³-hybridized carbons (Fsp3) is 0.167. The number of rotatable bonds is 9. The number of nitrogens with one attached hydrogen (secondary N) is 2. The third kappa shape index (κ3) is 7.19. The number of furan rings is 1. The Morgan fingerprint density at radius 1 is 1.06 bits per heavy atom. The summed E-state index contributed by atoms with van der Waals surface area (Å²) in [5.74, 6) is 1.13. The largest absolute Gasteiger partial charge is 0.465 e. The molecule has 1 aromatic heterocycles. The standard InChI is InChI=1S/C24H22Cl2N2O3S/c1-16-4-7-18(8-5-16)23(29)28-22(14-19-3-2-11-31-19)24(30)27-10-12-32-15-17-6-9-20(25)21(26)13-17/h2-9,11,13-14H,10,12,15H2,1H3,(H,27,30)(H,28,29)/b22-14-. The van der Waals surface area contributed by atoms with Crippen molar-refractivity contribution in [2.75, 3.05) is 12.3 Å². The molecule has 0 spiro atoms. The van der Waals surface area contributed by atoms with Crippen molar-refractivity contribution in [3.8, 4) is 0 Å². The molecular weight excluding hydrogens is 467 g/mol. The molecule has 166 valence electrons. The first-order valence-electron chi connectivity index (χ1n) is 9.85. The highest BCUT2D eigenvalue weighted by Gasteiger charge is 2.15. The maximum atomic E-state index is 12.7. The first-order chi connectivity index (χ1) is 15.4. The van der Waals surface area contributed by atoms with Crippen LogP contribution in [0.4, 0.5) is 0 Å². The second-order valence-electron chi connectivity index (χ2n) is 6.95. The minimum atomic E-state index is -0.392. The molecule has 0 aliphatic rings. The first kappa shape index (κ1) is 24.0. The van der Waals surface area contributed by atoms with Crippen LogP contribution in [0.25, 0.3) is 6.08 Å². The van der Waals surface area contributed by atoms with Gasteiger partial charge in [0.15, 0.2) is 0 Å². The molecule has 3 aromatic rings. The normalized spacial score (nSPS) is 11.3. The minimum absolute atomic E-state index is 0.111. The Labute approximate surface area is 201 Å². The second kappa shape index (κ2) is 11.8. The van der Waals surface area contributed by atoms with E-state index >= 15 is 0 Å². The number of hydrogen-bond acceptors (Lipinski definition) is 4. The molecule has 2 aromatic carbocycles. The molecule has 0 unspecified atom stereocenters. The first-order valence-corrected chi connectivity index (χ1v) is 11.8. The van der Waals surface area contributed by atoms with Gasteiger partial charge in [-0.2, -0.15) is 11.8 Å². The van der Waals surface area contributed by atoms with E-state index in [0.29, 0.717) is 33.7 Å². The van der Waals surface area contributed by atoms with Crippen LogP contribution in [-0.4, -0.2) is 24.1 Å². The van der Waals surface area contributed by atoms with E-state index in [1.165, 1.54) is 12.3 Å². The third-order valence-corrected chi connectivity index (χ3v) is 6.19. The Balaban J connectivity index is 1.55. The van der Waals surface area contributed by atoms with Crippen molar-refractivity contribution in [1.29, 1.82) is 0 Å². The summed E-state index contributed by atoms with van der Waals surface area (Å²) in [5, 5.41) is 6.57. The number of thioether (sulfide) groups is 1. The lowest BCUT2D eigenvalue weighted by Gasteiger charge is -2.11. The zero-order valence-corrected chi connectivity index (χ0v) is 19.7. The Kier molecular flexibility index (Phi) is 8.85. The third-order valence-electron chi connectivity index (χ3n) is 4.42. The topological polar surface area (TPSA) is 71.3 Å². The van der Waals surface area contributed by atoms with Crippen LogP contribution < -0.4 is 10.6 Å². The molecule has 3 rings (SSSR count). The van der Waals surface area contributed by atoms with Crippen molar-refractivity contribution in [3.05, 3.63) is 99.1 Å². The van der Waals surface area contributed by atoms with E-state index in [1.54, 1.807) is 42.1 Å². The number of aryl methyl sites for hydroxylation is 1. The van der Waals surface area contributed by atoms with Gasteiger partial charge in [-0.25, -0.2) is 0 Å². The lowest BCUT2D eigenvalue weighted by Crippen LogP contribution is -2.35. The lowest BCUT2D eigenvalue weighted by atomic mass is 10.1. The van der Waals surface area contributed by atoms with Gasteiger partial charge in [0, 0.05) is 29.7 Å². The van der Waals surface area contributed by atoms with Gasteiger partial charge in [-0.15, -0.1) is 0 Å². The van der Waals surface area contributed by atoms with E-state index in [-0.39, 0.29) is 11.6 Å². The molecule has 5 nitrogen and oxygen atoms in total. The smallest absolute Gasteiger partial charge is 0.267 e. The van der Waals surface area contributed by atoms with Crippen LogP contribution in [0.5, 0.6) is 0 Å². The summed E-state index contributed by atoms with van der Waals surface area (Å²) in [7, 11) is 0. The van der Waals surface area contributed by atoms with Crippen LogP contribution in [0.3, 0.4) is 0 Å². The number of carbonyl (C=O) groups is 2. The molecule has 1 heterocycles. The van der Waals surface area contributed by atoms with Gasteiger partial charge in [0.25, 0.3) is 11.8 Å². The average molecular weight is 489 g/mol. The Morgan fingerprint density at radius 3 is 2.53 bits per heavy atom. The summed E-state index contributed by atoms with van der Waals surface area (Å²) < 4.78 is 5.30. The zero-order chi connectivity index (χ0) is 22.9. The SMILES string of the molecule is Cc1ccc(C(=O)N/C(=C\c2ccco2)C(=O)NCCSCc2ccc(Cl)c(Cl)c2)cc1. The van der Waals surface area contributed by atoms with Gasteiger partial charge < -0.3 is 15.1 Å². The van der Waals surface area contributed by atoms with E-state index in [2.05, 4.69) is 10.6 Å². The Morgan fingerprint density at radius 2 is 1.84 bits per heavy atom. The molecule has 0 aliphatic heterocycles. The summed E-state index contributed by atoms with van der Waals surface area (Å²) >= 11 is 13.6. The van der Waals surface area contributed by atoms with Crippen molar-refractivity contribution in [3.63, 3.8) is 0 Å². The Bertz CT molecular complexity index is 1100. The maximum Gasteiger partial charge on any atom is 0.267 e. The van der Waals surface area contributed by atoms with E-state index < -0.39 is 5.91 Å². The molecule has 0 saturated carbocycles. The van der Waals surface area contributed by atoms with Gasteiger partial charge in [0.1, 0.15) is 11.5 Å². The molecule has 0 radical (unpaired) electrons. The fourth-order valence-electron chi connectivity index (χ4n) is 2.72. The monoisotopic (exact) mass is 488 g/mol. The maximum absolute atomic E-state index is 12.7. The number of hydrogen-bond donors (Lipinski definition) is 2. The summed E-state index contributed by atoms with van der Waals surface area (Å²) in [6.07, 6.45) is 3.01. The molecule has 0 fully saturated rings. The minimum Gasteiger partial charge on any atom is -0.465 e. The van der Waals surface area contributed by atoms with E-state index in [4.69, 9.17) is 27.6 Å². The van der Waals surface area contributed by atoms with Crippen molar-refractivity contribution < 1.29 is 14.0 Å². The van der Waals surface area contributed by atoms with Crippen LogP contribution in [-0.2, 0) is 10.5 Å². The van der Waals surface area contributed by atoms with Crippen LogP contribution >= 0.6 is 35.0 Å².